The zero-order chi connectivity index (χ0) is 11.7. The van der Waals surface area contributed by atoms with E-state index in [1.165, 1.54) is 16.7 Å². The number of nitrogens with two attached hydrogens (primary N) is 1. The summed E-state index contributed by atoms with van der Waals surface area (Å²) in [6.07, 6.45) is 1.44. The molecule has 1 aliphatic rings. The molecule has 1 heterocycles. The lowest BCUT2D eigenvalue weighted by Crippen LogP contribution is -2.25. The van der Waals surface area contributed by atoms with E-state index in [0.717, 1.165) is 12.1 Å². The normalized spacial score (nSPS) is 19.2. The molecule has 3 heteroatoms. The molecule has 0 saturated carbocycles. The minimum Gasteiger partial charge on any atom is -0.330 e. The Kier molecular flexibility index (Phi) is 2.97. The molecule has 1 aliphatic heterocycles. The number of nitrogens with one attached hydrogen (secondary N) is 1. The molecule has 3 nitrogen and oxygen atoms in total. The Bertz CT molecular complexity index is 426. The van der Waals surface area contributed by atoms with Crippen molar-refractivity contribution in [3.8, 4) is 0 Å². The van der Waals surface area contributed by atoms with E-state index < -0.39 is 0 Å². The minimum atomic E-state index is 0.107. The van der Waals surface area contributed by atoms with Crippen molar-refractivity contribution in [1.29, 1.82) is 0 Å². The van der Waals surface area contributed by atoms with Crippen LogP contribution in [-0.2, 0) is 4.79 Å². The molecule has 0 aromatic heterocycles. The molecular weight excluding hydrogens is 200 g/mol. The SMILES string of the molecule is Cc1cc(C)c2c(c1)NC(=O)CC2CCN. The number of amides is 1. The van der Waals surface area contributed by atoms with Gasteiger partial charge < -0.3 is 11.1 Å². The van der Waals surface area contributed by atoms with Gasteiger partial charge in [0.15, 0.2) is 0 Å². The Morgan fingerprint density at radius 1 is 1.44 bits per heavy atom. The van der Waals surface area contributed by atoms with Crippen LogP contribution in [-0.4, -0.2) is 12.5 Å². The van der Waals surface area contributed by atoms with Crippen molar-refractivity contribution in [1.82, 2.24) is 0 Å². The maximum Gasteiger partial charge on any atom is 0.224 e. The lowest BCUT2D eigenvalue weighted by Gasteiger charge is -2.27. The number of hydrogen-bond donors (Lipinski definition) is 2. The van der Waals surface area contributed by atoms with Crippen molar-refractivity contribution < 1.29 is 4.79 Å². The number of benzene rings is 1. The van der Waals surface area contributed by atoms with Gasteiger partial charge in [-0.25, -0.2) is 0 Å². The third kappa shape index (κ3) is 1.95. The van der Waals surface area contributed by atoms with Crippen molar-refractivity contribution in [2.45, 2.75) is 32.6 Å². The Morgan fingerprint density at radius 2 is 2.19 bits per heavy atom. The average molecular weight is 218 g/mol. The molecule has 16 heavy (non-hydrogen) atoms. The molecule has 2 rings (SSSR count). The molecule has 0 spiro atoms. The predicted molar refractivity (Wildman–Crippen MR) is 65.6 cm³/mol. The molecule has 3 N–H and O–H groups in total. The van der Waals surface area contributed by atoms with Crippen LogP contribution in [0.3, 0.4) is 0 Å². The monoisotopic (exact) mass is 218 g/mol. The smallest absolute Gasteiger partial charge is 0.224 e. The molecule has 0 saturated heterocycles. The number of rotatable bonds is 2. The Labute approximate surface area is 96.0 Å². The van der Waals surface area contributed by atoms with E-state index in [9.17, 15) is 4.79 Å². The zero-order valence-electron chi connectivity index (χ0n) is 9.84. The van der Waals surface area contributed by atoms with Crippen molar-refractivity contribution >= 4 is 11.6 Å². The van der Waals surface area contributed by atoms with E-state index in [4.69, 9.17) is 5.73 Å². The van der Waals surface area contributed by atoms with Gasteiger partial charge in [0.05, 0.1) is 0 Å². The number of hydrogen-bond acceptors (Lipinski definition) is 2. The summed E-state index contributed by atoms with van der Waals surface area (Å²) in [6.45, 7) is 4.78. The molecule has 1 aromatic rings. The van der Waals surface area contributed by atoms with E-state index in [1.807, 2.05) is 13.0 Å². The van der Waals surface area contributed by atoms with Crippen LogP contribution in [0.1, 0.15) is 35.4 Å². The predicted octanol–water partition coefficient (Wildman–Crippen LogP) is 2.08. The first-order valence-electron chi connectivity index (χ1n) is 5.73. The van der Waals surface area contributed by atoms with Crippen molar-refractivity contribution in [3.05, 3.63) is 28.8 Å². The van der Waals surface area contributed by atoms with E-state index in [-0.39, 0.29) is 11.8 Å². The second-order valence-electron chi connectivity index (χ2n) is 4.57. The summed E-state index contributed by atoms with van der Waals surface area (Å²) in [5.41, 5.74) is 10.3. The highest BCUT2D eigenvalue weighted by Crippen LogP contribution is 2.37. The zero-order valence-corrected chi connectivity index (χ0v) is 9.84. The Hall–Kier alpha value is -1.35. The lowest BCUT2D eigenvalue weighted by atomic mass is 9.84. The number of fused-ring (bicyclic) bond motifs is 1. The second kappa shape index (κ2) is 4.26. The summed E-state index contributed by atoms with van der Waals surface area (Å²) in [5.74, 6) is 0.394. The van der Waals surface area contributed by atoms with Gasteiger partial charge in [-0.3, -0.25) is 4.79 Å². The molecule has 0 aliphatic carbocycles. The van der Waals surface area contributed by atoms with Crippen LogP contribution in [0, 0.1) is 13.8 Å². The summed E-state index contributed by atoms with van der Waals surface area (Å²) in [6, 6.07) is 4.21. The van der Waals surface area contributed by atoms with Crippen LogP contribution in [0.5, 0.6) is 0 Å². The van der Waals surface area contributed by atoms with Crippen LogP contribution in [0.4, 0.5) is 5.69 Å². The van der Waals surface area contributed by atoms with Crippen LogP contribution in [0.2, 0.25) is 0 Å². The second-order valence-corrected chi connectivity index (χ2v) is 4.57. The summed E-state index contributed by atoms with van der Waals surface area (Å²) in [7, 11) is 0. The van der Waals surface area contributed by atoms with Crippen molar-refractivity contribution in [2.24, 2.45) is 5.73 Å². The fourth-order valence-corrected chi connectivity index (χ4v) is 2.60. The summed E-state index contributed by atoms with van der Waals surface area (Å²) in [5, 5.41) is 2.95. The fourth-order valence-electron chi connectivity index (χ4n) is 2.60. The standard InChI is InChI=1S/C13H18N2O/c1-8-5-9(2)13-10(3-4-14)7-12(16)15-11(13)6-8/h5-6,10H,3-4,7,14H2,1-2H3,(H,15,16). The third-order valence-electron chi connectivity index (χ3n) is 3.16. The first-order valence-corrected chi connectivity index (χ1v) is 5.73. The number of aryl methyl sites for hydroxylation is 2. The molecule has 1 unspecified atom stereocenters. The van der Waals surface area contributed by atoms with Crippen LogP contribution in [0.15, 0.2) is 12.1 Å². The van der Waals surface area contributed by atoms with Gasteiger partial charge in [-0.05, 0) is 55.5 Å². The molecule has 1 amide bonds. The quantitative estimate of drug-likeness (QED) is 0.798. The van der Waals surface area contributed by atoms with Gasteiger partial charge in [-0.1, -0.05) is 6.07 Å². The number of carbonyl (C=O) groups excluding carboxylic acids is 1. The van der Waals surface area contributed by atoms with Gasteiger partial charge in [0.2, 0.25) is 5.91 Å². The van der Waals surface area contributed by atoms with E-state index in [0.29, 0.717) is 13.0 Å². The summed E-state index contributed by atoms with van der Waals surface area (Å²) >= 11 is 0. The van der Waals surface area contributed by atoms with Crippen molar-refractivity contribution in [3.63, 3.8) is 0 Å². The van der Waals surface area contributed by atoms with E-state index >= 15 is 0 Å². The molecule has 0 radical (unpaired) electrons. The first kappa shape index (κ1) is 11.1. The molecule has 1 aromatic carbocycles. The average Bonchev–Trinajstić information content (AvgIpc) is 2.15. The largest absolute Gasteiger partial charge is 0.330 e. The third-order valence-corrected chi connectivity index (χ3v) is 3.16. The van der Waals surface area contributed by atoms with Gasteiger partial charge in [-0.15, -0.1) is 0 Å². The summed E-state index contributed by atoms with van der Waals surface area (Å²) < 4.78 is 0. The van der Waals surface area contributed by atoms with Gasteiger partial charge in [0.1, 0.15) is 0 Å². The topological polar surface area (TPSA) is 55.1 Å². The number of carbonyl (C=O) groups is 1. The van der Waals surface area contributed by atoms with E-state index in [1.54, 1.807) is 0 Å². The van der Waals surface area contributed by atoms with E-state index in [2.05, 4.69) is 18.3 Å². The minimum absolute atomic E-state index is 0.107. The molecular formula is C13H18N2O. The molecule has 1 atom stereocenters. The van der Waals surface area contributed by atoms with Gasteiger partial charge in [0, 0.05) is 12.1 Å². The highest BCUT2D eigenvalue weighted by atomic mass is 16.1. The Balaban J connectivity index is 2.47. The van der Waals surface area contributed by atoms with Gasteiger partial charge in [-0.2, -0.15) is 0 Å². The van der Waals surface area contributed by atoms with Crippen LogP contribution < -0.4 is 11.1 Å². The molecule has 86 valence electrons. The van der Waals surface area contributed by atoms with Crippen LogP contribution >= 0.6 is 0 Å². The maximum absolute atomic E-state index is 11.6. The van der Waals surface area contributed by atoms with Crippen molar-refractivity contribution in [2.75, 3.05) is 11.9 Å². The van der Waals surface area contributed by atoms with Gasteiger partial charge >= 0.3 is 0 Å². The number of anilines is 1. The van der Waals surface area contributed by atoms with Crippen LogP contribution in [0.25, 0.3) is 0 Å². The molecule has 0 bridgehead atoms. The highest BCUT2D eigenvalue weighted by molar-refractivity contribution is 5.95. The highest BCUT2D eigenvalue weighted by Gasteiger charge is 2.26. The first-order chi connectivity index (χ1) is 7.61. The Morgan fingerprint density at radius 3 is 2.88 bits per heavy atom. The summed E-state index contributed by atoms with van der Waals surface area (Å²) in [4.78, 5) is 11.6. The maximum atomic E-state index is 11.6. The fraction of sp³-hybridized carbons (Fsp3) is 0.462. The lowest BCUT2D eigenvalue weighted by molar-refractivity contribution is -0.116. The molecule has 0 fully saturated rings. The van der Waals surface area contributed by atoms with Gasteiger partial charge in [0.25, 0.3) is 0 Å².